The molecule has 4 aliphatic rings. The van der Waals surface area contributed by atoms with Crippen LogP contribution in [0.25, 0.3) is 0 Å². The lowest BCUT2D eigenvalue weighted by atomic mass is 9.65. The largest absolute Gasteiger partial charge is 0.342 e. The highest BCUT2D eigenvalue weighted by molar-refractivity contribution is 5.81. The number of hydrogen-bond donors (Lipinski definition) is 1. The molecule has 4 fully saturated rings. The van der Waals surface area contributed by atoms with Gasteiger partial charge >= 0.3 is 0 Å². The fourth-order valence-corrected chi connectivity index (χ4v) is 6.24. The summed E-state index contributed by atoms with van der Waals surface area (Å²) in [7, 11) is 0. The van der Waals surface area contributed by atoms with Crippen molar-refractivity contribution in [1.29, 1.82) is 0 Å². The van der Waals surface area contributed by atoms with Crippen LogP contribution in [-0.4, -0.2) is 53.8 Å². The third-order valence-electron chi connectivity index (χ3n) is 7.89. The average molecular weight is 376 g/mol. The number of piperidine rings is 2. The van der Waals surface area contributed by atoms with E-state index in [0.717, 1.165) is 58.3 Å². The summed E-state index contributed by atoms with van der Waals surface area (Å²) in [5, 5.41) is 0. The molecule has 0 aromatic rings. The van der Waals surface area contributed by atoms with Crippen LogP contribution in [0.3, 0.4) is 0 Å². The predicted molar refractivity (Wildman–Crippen MR) is 106 cm³/mol. The summed E-state index contributed by atoms with van der Waals surface area (Å²) in [6, 6.07) is 0.318. The zero-order valence-electron chi connectivity index (χ0n) is 16.9. The van der Waals surface area contributed by atoms with Crippen molar-refractivity contribution in [2.24, 2.45) is 35.3 Å². The highest BCUT2D eigenvalue weighted by atomic mass is 16.2. The molecule has 0 aromatic heterocycles. The van der Waals surface area contributed by atoms with Gasteiger partial charge in [-0.05, 0) is 69.1 Å². The molecule has 0 radical (unpaired) electrons. The lowest BCUT2D eigenvalue weighted by Gasteiger charge is -2.45. The van der Waals surface area contributed by atoms with Gasteiger partial charge in [-0.25, -0.2) is 0 Å². The van der Waals surface area contributed by atoms with Gasteiger partial charge in [-0.1, -0.05) is 13.3 Å². The summed E-state index contributed by atoms with van der Waals surface area (Å²) < 4.78 is 0. The molecule has 5 heteroatoms. The second-order valence-corrected chi connectivity index (χ2v) is 9.83. The molecule has 4 rings (SSSR count). The molecule has 27 heavy (non-hydrogen) atoms. The third-order valence-corrected chi connectivity index (χ3v) is 7.89. The molecular formula is C22H37N3O2. The van der Waals surface area contributed by atoms with Gasteiger partial charge in [0, 0.05) is 44.1 Å². The molecule has 3 atom stereocenters. The number of amides is 2. The maximum Gasteiger partial charge on any atom is 0.225 e. The normalized spacial score (nSPS) is 37.9. The smallest absolute Gasteiger partial charge is 0.225 e. The summed E-state index contributed by atoms with van der Waals surface area (Å²) in [6.45, 7) is 5.61. The number of nitrogens with two attached hydrogens (primary N) is 1. The Morgan fingerprint density at radius 2 is 1.41 bits per heavy atom. The standard InChI is InChI=1S/C22H37N3O2/c1-15-4-3-9-25(14-15)21(26)16-7-10-24(11-8-16)22(27)19-12-17-5-2-6-18(13-19)20(17)23/h15-20H,2-14,23H2,1H3. The molecule has 5 nitrogen and oxygen atoms in total. The Kier molecular flexibility index (Phi) is 5.77. The minimum Gasteiger partial charge on any atom is -0.342 e. The van der Waals surface area contributed by atoms with E-state index in [1.807, 2.05) is 0 Å². The minimum atomic E-state index is 0.124. The molecule has 2 aliphatic carbocycles. The molecular weight excluding hydrogens is 338 g/mol. The summed E-state index contributed by atoms with van der Waals surface area (Å²) in [6.07, 6.45) is 9.72. The predicted octanol–water partition coefficient (Wildman–Crippen LogP) is 2.64. The highest BCUT2D eigenvalue weighted by Gasteiger charge is 2.42. The van der Waals surface area contributed by atoms with Gasteiger partial charge in [0.05, 0.1) is 0 Å². The number of carbonyl (C=O) groups excluding carboxylic acids is 2. The number of hydrogen-bond acceptors (Lipinski definition) is 3. The van der Waals surface area contributed by atoms with Crippen molar-refractivity contribution in [3.05, 3.63) is 0 Å². The van der Waals surface area contributed by atoms with Crippen LogP contribution in [0.4, 0.5) is 0 Å². The molecule has 2 heterocycles. The Balaban J connectivity index is 1.29. The molecule has 2 aliphatic heterocycles. The topological polar surface area (TPSA) is 66.6 Å². The molecule has 2 saturated carbocycles. The first-order valence-electron chi connectivity index (χ1n) is 11.4. The van der Waals surface area contributed by atoms with E-state index in [9.17, 15) is 9.59 Å². The number of nitrogens with zero attached hydrogens (tertiary/aromatic N) is 2. The first-order valence-corrected chi connectivity index (χ1v) is 11.4. The molecule has 3 unspecified atom stereocenters. The van der Waals surface area contributed by atoms with E-state index in [1.165, 1.54) is 25.7 Å². The summed E-state index contributed by atoms with van der Waals surface area (Å²) in [5.74, 6) is 2.71. The van der Waals surface area contributed by atoms with Gasteiger partial charge in [0.25, 0.3) is 0 Å². The Bertz CT molecular complexity index is 544. The van der Waals surface area contributed by atoms with E-state index < -0.39 is 0 Å². The monoisotopic (exact) mass is 375 g/mol. The van der Waals surface area contributed by atoms with E-state index >= 15 is 0 Å². The molecule has 2 saturated heterocycles. The second-order valence-electron chi connectivity index (χ2n) is 9.83. The highest BCUT2D eigenvalue weighted by Crippen LogP contribution is 2.42. The van der Waals surface area contributed by atoms with Crippen LogP contribution >= 0.6 is 0 Å². The molecule has 2 bridgehead atoms. The van der Waals surface area contributed by atoms with Crippen molar-refractivity contribution >= 4 is 11.8 Å². The first kappa shape index (κ1) is 19.2. The van der Waals surface area contributed by atoms with E-state index in [-0.39, 0.29) is 11.8 Å². The molecule has 0 spiro atoms. The summed E-state index contributed by atoms with van der Waals surface area (Å²) in [4.78, 5) is 30.1. The van der Waals surface area contributed by atoms with E-state index in [2.05, 4.69) is 16.7 Å². The lowest BCUT2D eigenvalue weighted by Crippen LogP contribution is -2.51. The fraction of sp³-hybridized carbons (Fsp3) is 0.909. The van der Waals surface area contributed by atoms with Crippen LogP contribution < -0.4 is 5.73 Å². The zero-order valence-corrected chi connectivity index (χ0v) is 16.9. The fourth-order valence-electron chi connectivity index (χ4n) is 6.24. The van der Waals surface area contributed by atoms with Crippen LogP contribution in [0, 0.1) is 29.6 Å². The van der Waals surface area contributed by atoms with Crippen molar-refractivity contribution in [2.45, 2.75) is 70.8 Å². The molecule has 0 aromatic carbocycles. The van der Waals surface area contributed by atoms with Gasteiger partial charge in [-0.3, -0.25) is 9.59 Å². The van der Waals surface area contributed by atoms with E-state index in [4.69, 9.17) is 5.73 Å². The molecule has 2 amide bonds. The number of fused-ring (bicyclic) bond motifs is 2. The second kappa shape index (κ2) is 8.10. The molecule has 152 valence electrons. The minimum absolute atomic E-state index is 0.124. The Morgan fingerprint density at radius 3 is 2.04 bits per heavy atom. The van der Waals surface area contributed by atoms with Crippen LogP contribution in [0.2, 0.25) is 0 Å². The number of rotatable bonds is 2. The van der Waals surface area contributed by atoms with Gasteiger partial charge in [0.15, 0.2) is 0 Å². The lowest BCUT2D eigenvalue weighted by molar-refractivity contribution is -0.145. The number of likely N-dealkylation sites (tertiary alicyclic amines) is 2. The van der Waals surface area contributed by atoms with Crippen molar-refractivity contribution in [3.63, 3.8) is 0 Å². The van der Waals surface area contributed by atoms with Crippen molar-refractivity contribution in [2.75, 3.05) is 26.2 Å². The zero-order chi connectivity index (χ0) is 19.0. The van der Waals surface area contributed by atoms with Gasteiger partial charge in [-0.15, -0.1) is 0 Å². The van der Waals surface area contributed by atoms with E-state index in [1.54, 1.807) is 0 Å². The van der Waals surface area contributed by atoms with Crippen LogP contribution in [0.5, 0.6) is 0 Å². The first-order chi connectivity index (χ1) is 13.0. The van der Waals surface area contributed by atoms with Gasteiger partial charge < -0.3 is 15.5 Å². The Hall–Kier alpha value is -1.10. The van der Waals surface area contributed by atoms with Crippen molar-refractivity contribution in [1.82, 2.24) is 9.80 Å². The maximum absolute atomic E-state index is 13.1. The van der Waals surface area contributed by atoms with Crippen LogP contribution in [-0.2, 0) is 9.59 Å². The number of carbonyl (C=O) groups is 2. The van der Waals surface area contributed by atoms with Crippen molar-refractivity contribution in [3.8, 4) is 0 Å². The summed E-state index contributed by atoms with van der Waals surface area (Å²) in [5.41, 5.74) is 6.39. The maximum atomic E-state index is 13.1. The Morgan fingerprint density at radius 1 is 0.778 bits per heavy atom. The van der Waals surface area contributed by atoms with E-state index in [0.29, 0.717) is 35.6 Å². The third kappa shape index (κ3) is 4.03. The van der Waals surface area contributed by atoms with Crippen LogP contribution in [0.1, 0.15) is 64.7 Å². The quantitative estimate of drug-likeness (QED) is 0.807. The summed E-state index contributed by atoms with van der Waals surface area (Å²) >= 11 is 0. The van der Waals surface area contributed by atoms with Gasteiger partial charge in [0.2, 0.25) is 11.8 Å². The van der Waals surface area contributed by atoms with Gasteiger partial charge in [-0.2, -0.15) is 0 Å². The molecule has 2 N–H and O–H groups in total. The SMILES string of the molecule is CC1CCCN(C(=O)C2CCN(C(=O)C3CC4CCCC(C3)C4N)CC2)C1. The van der Waals surface area contributed by atoms with Crippen molar-refractivity contribution < 1.29 is 9.59 Å². The van der Waals surface area contributed by atoms with Gasteiger partial charge in [0.1, 0.15) is 0 Å². The van der Waals surface area contributed by atoms with Crippen LogP contribution in [0.15, 0.2) is 0 Å². The Labute approximate surface area is 164 Å². The average Bonchev–Trinajstić information content (AvgIpc) is 2.67.